The minimum absolute atomic E-state index is 0.303. The van der Waals surface area contributed by atoms with E-state index in [2.05, 4.69) is 58.9 Å². The first kappa shape index (κ1) is 27.1. The van der Waals surface area contributed by atoms with Gasteiger partial charge in [-0.2, -0.15) is 0 Å². The maximum atomic E-state index is 12.7. The van der Waals surface area contributed by atoms with E-state index in [0.717, 1.165) is 0 Å². The lowest BCUT2D eigenvalue weighted by Crippen LogP contribution is -2.40. The molecule has 1 saturated carbocycles. The van der Waals surface area contributed by atoms with Gasteiger partial charge in [-0.1, -0.05) is 58.9 Å². The average molecular weight is 475 g/mol. The Morgan fingerprint density at radius 3 is 0.900 bits per heavy atom. The van der Waals surface area contributed by atoms with Gasteiger partial charge in [-0.15, -0.1) is 0 Å². The number of carbonyl (C=O) groups excluding carboxylic acids is 3. The number of carbonyl (C=O) groups is 3. The van der Waals surface area contributed by atoms with E-state index >= 15 is 0 Å². The number of hydrogen-bond donors (Lipinski definition) is 0. The molecular weight excluding hydrogens is 432 g/mol. The summed E-state index contributed by atoms with van der Waals surface area (Å²) in [6, 6.07) is 0. The van der Waals surface area contributed by atoms with E-state index in [4.69, 9.17) is 14.2 Å². The average Bonchev–Trinajstić information content (AvgIpc) is 2.59. The third-order valence-corrected chi connectivity index (χ3v) is 7.68. The van der Waals surface area contributed by atoms with E-state index in [9.17, 15) is 14.4 Å². The summed E-state index contributed by atoms with van der Waals surface area (Å²) in [7, 11) is -4.64. The van der Waals surface area contributed by atoms with Gasteiger partial charge >= 0.3 is 17.9 Å². The molecule has 0 aromatic heterocycles. The lowest BCUT2D eigenvalue weighted by molar-refractivity contribution is -0.159. The van der Waals surface area contributed by atoms with Crippen LogP contribution in [0.1, 0.15) is 19.3 Å². The quantitative estimate of drug-likeness (QED) is 0.282. The molecule has 0 heterocycles. The zero-order chi connectivity index (χ0) is 23.3. The molecule has 1 fully saturated rings. The molecule has 0 radical (unpaired) electrons. The molecule has 0 N–H and O–H groups in total. The third-order valence-electron chi connectivity index (χ3n) is 4.65. The van der Waals surface area contributed by atoms with E-state index in [1.54, 1.807) is 0 Å². The molecule has 9 heteroatoms. The van der Waals surface area contributed by atoms with Crippen LogP contribution in [0.5, 0.6) is 0 Å². The first-order valence-electron chi connectivity index (χ1n) is 11.0. The highest BCUT2D eigenvalue weighted by atomic mass is 28.3. The van der Waals surface area contributed by atoms with Crippen LogP contribution in [0, 0.1) is 17.8 Å². The van der Waals surface area contributed by atoms with Crippen LogP contribution in [0.3, 0.4) is 0 Å². The lowest BCUT2D eigenvalue weighted by atomic mass is 9.75. The largest absolute Gasteiger partial charge is 0.469 e. The summed E-state index contributed by atoms with van der Waals surface area (Å²) in [5, 5.41) is 0. The molecule has 0 saturated heterocycles. The zero-order valence-electron chi connectivity index (χ0n) is 20.4. The molecule has 0 aliphatic heterocycles. The Morgan fingerprint density at radius 1 is 0.533 bits per heavy atom. The van der Waals surface area contributed by atoms with Gasteiger partial charge in [-0.05, 0) is 19.3 Å². The highest BCUT2D eigenvalue weighted by Gasteiger charge is 2.41. The van der Waals surface area contributed by atoms with E-state index < -0.39 is 42.0 Å². The predicted molar refractivity (Wildman–Crippen MR) is 127 cm³/mol. The van der Waals surface area contributed by atoms with Crippen molar-refractivity contribution in [2.24, 2.45) is 17.8 Å². The molecule has 6 nitrogen and oxygen atoms in total. The van der Waals surface area contributed by atoms with E-state index in [1.165, 1.54) is 0 Å². The Bertz CT molecular complexity index is 524. The first-order valence-corrected chi connectivity index (χ1v) is 22.1. The molecule has 0 bridgehead atoms. The Balaban J connectivity index is 2.88. The molecule has 0 aromatic carbocycles. The highest BCUT2D eigenvalue weighted by molar-refractivity contribution is 6.76. The minimum atomic E-state index is -1.55. The molecule has 1 aliphatic rings. The van der Waals surface area contributed by atoms with Crippen LogP contribution in [-0.2, 0) is 28.6 Å². The highest BCUT2D eigenvalue weighted by Crippen LogP contribution is 2.36. The van der Waals surface area contributed by atoms with Gasteiger partial charge in [0.05, 0.1) is 60.7 Å². The normalized spacial score (nSPS) is 22.9. The van der Waals surface area contributed by atoms with Crippen LogP contribution in [0.15, 0.2) is 0 Å². The van der Waals surface area contributed by atoms with E-state index in [1.807, 2.05) is 0 Å². The smallest absolute Gasteiger partial charge is 0.308 e. The summed E-state index contributed by atoms with van der Waals surface area (Å²) >= 11 is 0. The maximum absolute atomic E-state index is 12.7. The van der Waals surface area contributed by atoms with Gasteiger partial charge in [0, 0.05) is 0 Å². The molecule has 0 spiro atoms. The Morgan fingerprint density at radius 2 is 0.733 bits per heavy atom. The van der Waals surface area contributed by atoms with Gasteiger partial charge in [0.25, 0.3) is 0 Å². The SMILES string of the molecule is C[Si](C)(C)COC(=O)C1CC(C(=O)OC[Si](C)(C)C)CC(C(=O)OC[Si](C)(C)C)C1. The zero-order valence-corrected chi connectivity index (χ0v) is 23.4. The van der Waals surface area contributed by atoms with Crippen molar-refractivity contribution >= 4 is 42.1 Å². The second kappa shape index (κ2) is 10.6. The van der Waals surface area contributed by atoms with Crippen LogP contribution >= 0.6 is 0 Å². The molecule has 0 atom stereocenters. The lowest BCUT2D eigenvalue weighted by Gasteiger charge is -2.32. The van der Waals surface area contributed by atoms with Crippen LogP contribution in [-0.4, -0.2) is 60.8 Å². The number of esters is 3. The van der Waals surface area contributed by atoms with Gasteiger partial charge in [-0.3, -0.25) is 14.4 Å². The standard InChI is InChI=1S/C21H42O6Si3/c1-28(2,3)13-25-19(22)16-10-17(20(23)26-14-29(4,5)6)12-18(11-16)21(24)27-15-30(7,8)9/h16-18H,10-15H2,1-9H3. The summed E-state index contributed by atoms with van der Waals surface area (Å²) in [4.78, 5) is 38.2. The molecule has 1 rings (SSSR count). The third kappa shape index (κ3) is 10.9. The predicted octanol–water partition coefficient (Wildman–Crippen LogP) is 4.28. The Hall–Kier alpha value is -0.939. The van der Waals surface area contributed by atoms with Crippen molar-refractivity contribution < 1.29 is 28.6 Å². The van der Waals surface area contributed by atoms with Crippen molar-refractivity contribution in [2.75, 3.05) is 18.7 Å². The number of hydrogen-bond acceptors (Lipinski definition) is 6. The summed E-state index contributed by atoms with van der Waals surface area (Å²) in [6.07, 6.45) is 2.47. The van der Waals surface area contributed by atoms with Crippen molar-refractivity contribution in [3.8, 4) is 0 Å². The molecule has 0 unspecified atom stereocenters. The molecule has 0 aromatic rings. The van der Waals surface area contributed by atoms with Gasteiger partial charge < -0.3 is 14.2 Å². The van der Waals surface area contributed by atoms with Crippen molar-refractivity contribution in [3.05, 3.63) is 0 Å². The summed E-state index contributed by atoms with van der Waals surface area (Å²) in [5.74, 6) is -2.31. The molecule has 30 heavy (non-hydrogen) atoms. The topological polar surface area (TPSA) is 78.9 Å². The summed E-state index contributed by atoms with van der Waals surface area (Å²) in [6.45, 7) is 19.2. The Kier molecular flexibility index (Phi) is 9.56. The van der Waals surface area contributed by atoms with Gasteiger partial charge in [-0.25, -0.2) is 0 Å². The van der Waals surface area contributed by atoms with Gasteiger partial charge in [0.2, 0.25) is 0 Å². The van der Waals surface area contributed by atoms with Gasteiger partial charge in [0.1, 0.15) is 0 Å². The molecule has 0 amide bonds. The maximum Gasteiger partial charge on any atom is 0.308 e. The summed E-state index contributed by atoms with van der Waals surface area (Å²) in [5.41, 5.74) is 0. The fourth-order valence-corrected chi connectivity index (χ4v) is 4.84. The van der Waals surface area contributed by atoms with Gasteiger partial charge in [0.15, 0.2) is 0 Å². The van der Waals surface area contributed by atoms with Crippen LogP contribution < -0.4 is 0 Å². The van der Waals surface area contributed by atoms with Crippen LogP contribution in [0.2, 0.25) is 58.9 Å². The van der Waals surface area contributed by atoms with E-state index in [-0.39, 0.29) is 17.9 Å². The van der Waals surface area contributed by atoms with Crippen molar-refractivity contribution in [1.29, 1.82) is 0 Å². The molecule has 174 valence electrons. The second-order valence-corrected chi connectivity index (χ2v) is 28.5. The van der Waals surface area contributed by atoms with Crippen molar-refractivity contribution in [3.63, 3.8) is 0 Å². The van der Waals surface area contributed by atoms with E-state index in [0.29, 0.717) is 38.0 Å². The summed E-state index contributed by atoms with van der Waals surface area (Å²) < 4.78 is 16.7. The minimum Gasteiger partial charge on any atom is -0.469 e. The number of ether oxygens (including phenoxy) is 3. The van der Waals surface area contributed by atoms with Crippen LogP contribution in [0.4, 0.5) is 0 Å². The number of rotatable bonds is 9. The molecule has 1 aliphatic carbocycles. The van der Waals surface area contributed by atoms with Crippen LogP contribution in [0.25, 0.3) is 0 Å². The van der Waals surface area contributed by atoms with Crippen molar-refractivity contribution in [2.45, 2.75) is 78.2 Å². The second-order valence-electron chi connectivity index (χ2n) is 12.3. The Labute approximate surface area is 185 Å². The monoisotopic (exact) mass is 474 g/mol. The fraction of sp³-hybridized carbons (Fsp3) is 0.857. The molecular formula is C21H42O6Si3. The first-order chi connectivity index (χ1) is 13.5. The fourth-order valence-electron chi connectivity index (χ4n) is 3.11. The van der Waals surface area contributed by atoms with Crippen molar-refractivity contribution in [1.82, 2.24) is 0 Å².